The van der Waals surface area contributed by atoms with Crippen molar-refractivity contribution in [1.82, 2.24) is 4.98 Å². The quantitative estimate of drug-likeness (QED) is 0.426. The van der Waals surface area contributed by atoms with Gasteiger partial charge in [-0.15, -0.1) is 0 Å². The van der Waals surface area contributed by atoms with Gasteiger partial charge in [-0.2, -0.15) is 0 Å². The van der Waals surface area contributed by atoms with E-state index in [4.69, 9.17) is 20.9 Å². The van der Waals surface area contributed by atoms with Crippen LogP contribution in [0.4, 0.5) is 5.69 Å². The number of nitrogens with one attached hydrogen (secondary N) is 1. The summed E-state index contributed by atoms with van der Waals surface area (Å²) in [5.74, 6) is -1.55. The van der Waals surface area contributed by atoms with Crippen LogP contribution in [0.15, 0.2) is 42.6 Å². The molecule has 1 heterocycles. The van der Waals surface area contributed by atoms with Gasteiger partial charge in [0.15, 0.2) is 0 Å². The molecular weight excluding hydrogens is 313 g/mol. The van der Waals surface area contributed by atoms with Crippen molar-refractivity contribution in [2.45, 2.75) is 12.5 Å². The molecule has 0 fully saturated rings. The summed E-state index contributed by atoms with van der Waals surface area (Å²) >= 11 is 0. The van der Waals surface area contributed by atoms with Gasteiger partial charge < -0.3 is 26.2 Å². The number of nitrogens with two attached hydrogens (primary N) is 1. The van der Waals surface area contributed by atoms with Gasteiger partial charge in [0.05, 0.1) is 11.9 Å². The van der Waals surface area contributed by atoms with E-state index in [1.54, 1.807) is 18.2 Å². The normalized spacial score (nSPS) is 11.6. The average molecular weight is 329 g/mol. The topological polar surface area (TPSA) is 146 Å². The van der Waals surface area contributed by atoms with Gasteiger partial charge in [0.25, 0.3) is 5.91 Å². The molecular formula is C15H16BN3O5. The summed E-state index contributed by atoms with van der Waals surface area (Å²) in [5.41, 5.74) is 6.81. The summed E-state index contributed by atoms with van der Waals surface area (Å²) in [7, 11) is -1.66. The Bertz CT molecular complexity index is 736. The van der Waals surface area contributed by atoms with Crippen LogP contribution in [0.2, 0.25) is 0 Å². The van der Waals surface area contributed by atoms with E-state index < -0.39 is 25.0 Å². The molecule has 1 aromatic heterocycles. The van der Waals surface area contributed by atoms with Gasteiger partial charge in [-0.3, -0.25) is 14.6 Å². The first kappa shape index (κ1) is 17.6. The minimum atomic E-state index is -1.66. The molecule has 0 radical (unpaired) electrons. The highest BCUT2D eigenvalue weighted by Crippen LogP contribution is 2.10. The Labute approximate surface area is 138 Å². The van der Waals surface area contributed by atoms with Crippen LogP contribution in [0, 0.1) is 0 Å². The van der Waals surface area contributed by atoms with E-state index in [9.17, 15) is 9.59 Å². The van der Waals surface area contributed by atoms with Crippen molar-refractivity contribution >= 4 is 30.1 Å². The van der Waals surface area contributed by atoms with E-state index in [-0.39, 0.29) is 17.4 Å². The first-order chi connectivity index (χ1) is 11.4. The molecule has 9 heteroatoms. The van der Waals surface area contributed by atoms with Crippen molar-refractivity contribution in [3.8, 4) is 0 Å². The van der Waals surface area contributed by atoms with Crippen molar-refractivity contribution in [2.75, 3.05) is 5.32 Å². The number of benzene rings is 1. The van der Waals surface area contributed by atoms with Crippen molar-refractivity contribution in [3.63, 3.8) is 0 Å². The van der Waals surface area contributed by atoms with E-state index in [1.165, 1.54) is 24.4 Å². The van der Waals surface area contributed by atoms with E-state index in [0.717, 1.165) is 0 Å². The van der Waals surface area contributed by atoms with Crippen LogP contribution in [-0.4, -0.2) is 45.2 Å². The summed E-state index contributed by atoms with van der Waals surface area (Å²) in [4.78, 5) is 26.9. The number of carboxylic acids is 1. The molecule has 24 heavy (non-hydrogen) atoms. The number of hydrogen-bond donors (Lipinski definition) is 5. The van der Waals surface area contributed by atoms with E-state index >= 15 is 0 Å². The Morgan fingerprint density at radius 1 is 1.25 bits per heavy atom. The van der Waals surface area contributed by atoms with Crippen molar-refractivity contribution in [2.24, 2.45) is 5.73 Å². The molecule has 0 spiro atoms. The molecule has 0 aliphatic rings. The molecule has 1 atom stereocenters. The third-order valence-electron chi connectivity index (χ3n) is 3.28. The molecule has 0 aliphatic heterocycles. The number of aliphatic carboxylic acids is 1. The number of hydrogen-bond acceptors (Lipinski definition) is 6. The maximum absolute atomic E-state index is 12.1. The number of anilines is 1. The third kappa shape index (κ3) is 4.62. The fourth-order valence-corrected chi connectivity index (χ4v) is 1.98. The number of amides is 1. The van der Waals surface area contributed by atoms with Gasteiger partial charge in [0.2, 0.25) is 0 Å². The average Bonchev–Trinajstić information content (AvgIpc) is 2.56. The third-order valence-corrected chi connectivity index (χ3v) is 3.28. The maximum Gasteiger partial charge on any atom is 0.488 e. The number of rotatable bonds is 6. The molecule has 8 nitrogen and oxygen atoms in total. The zero-order chi connectivity index (χ0) is 17.7. The summed E-state index contributed by atoms with van der Waals surface area (Å²) in [6.07, 6.45) is 1.48. The molecule has 1 amide bonds. The number of carbonyl (C=O) groups is 2. The molecule has 2 aromatic rings. The predicted molar refractivity (Wildman–Crippen MR) is 87.8 cm³/mol. The number of carbonyl (C=O) groups excluding carboxylic acids is 1. The second kappa shape index (κ2) is 7.69. The zero-order valence-corrected chi connectivity index (χ0v) is 12.6. The fourth-order valence-electron chi connectivity index (χ4n) is 1.98. The fraction of sp³-hybridized carbons (Fsp3) is 0.133. The first-order valence-corrected chi connectivity index (χ1v) is 7.07. The minimum absolute atomic E-state index is 0.0833. The van der Waals surface area contributed by atoms with Crippen molar-refractivity contribution < 1.29 is 24.7 Å². The lowest BCUT2D eigenvalue weighted by atomic mass is 9.79. The molecule has 124 valence electrons. The first-order valence-electron chi connectivity index (χ1n) is 7.07. The van der Waals surface area contributed by atoms with Crippen LogP contribution in [0.25, 0.3) is 0 Å². The SMILES string of the molecule is N[C@@H](Cc1ccc(NC(=O)c2cccc(B(O)O)c2)cn1)C(=O)O. The Hall–Kier alpha value is -2.75. The largest absolute Gasteiger partial charge is 0.488 e. The van der Waals surface area contributed by atoms with Crippen LogP contribution in [0.3, 0.4) is 0 Å². The highest BCUT2D eigenvalue weighted by atomic mass is 16.4. The van der Waals surface area contributed by atoms with Gasteiger partial charge >= 0.3 is 13.1 Å². The highest BCUT2D eigenvalue weighted by molar-refractivity contribution is 6.58. The molecule has 1 aromatic carbocycles. The standard InChI is InChI=1S/C15H16BN3O5/c17-13(15(21)22)7-11-4-5-12(8-18-11)19-14(20)9-2-1-3-10(6-9)16(23)24/h1-6,8,13,23-24H,7,17H2,(H,19,20)(H,21,22)/t13-/m0/s1. The van der Waals surface area contributed by atoms with E-state index in [1.807, 2.05) is 0 Å². The molecule has 0 unspecified atom stereocenters. The van der Waals surface area contributed by atoms with Crippen LogP contribution in [0.1, 0.15) is 16.1 Å². The lowest BCUT2D eigenvalue weighted by molar-refractivity contribution is -0.138. The number of carboxylic acid groups (broad SMARTS) is 1. The minimum Gasteiger partial charge on any atom is -0.480 e. The number of aromatic nitrogens is 1. The lowest BCUT2D eigenvalue weighted by Gasteiger charge is -2.08. The van der Waals surface area contributed by atoms with E-state index in [0.29, 0.717) is 11.4 Å². The van der Waals surface area contributed by atoms with Gasteiger partial charge in [-0.25, -0.2) is 0 Å². The lowest BCUT2D eigenvalue weighted by Crippen LogP contribution is -2.32. The second-order valence-electron chi connectivity index (χ2n) is 5.14. The van der Waals surface area contributed by atoms with Crippen LogP contribution in [-0.2, 0) is 11.2 Å². The van der Waals surface area contributed by atoms with Crippen molar-refractivity contribution in [1.29, 1.82) is 0 Å². The Morgan fingerprint density at radius 3 is 2.58 bits per heavy atom. The summed E-state index contributed by atoms with van der Waals surface area (Å²) in [6.45, 7) is 0. The van der Waals surface area contributed by atoms with Crippen molar-refractivity contribution in [3.05, 3.63) is 53.9 Å². The number of pyridine rings is 1. The van der Waals surface area contributed by atoms with Gasteiger partial charge in [-0.1, -0.05) is 12.1 Å². The molecule has 0 saturated heterocycles. The monoisotopic (exact) mass is 329 g/mol. The summed E-state index contributed by atoms with van der Waals surface area (Å²) < 4.78 is 0. The van der Waals surface area contributed by atoms with Gasteiger partial charge in [0, 0.05) is 17.7 Å². The summed E-state index contributed by atoms with van der Waals surface area (Å²) in [6, 6.07) is 8.06. The second-order valence-corrected chi connectivity index (χ2v) is 5.14. The molecule has 0 aliphatic carbocycles. The summed E-state index contributed by atoms with van der Waals surface area (Å²) in [5, 5.41) is 29.6. The Balaban J connectivity index is 2.04. The predicted octanol–water partition coefficient (Wildman–Crippen LogP) is -1.03. The maximum atomic E-state index is 12.1. The number of nitrogens with zero attached hydrogens (tertiary/aromatic N) is 1. The van der Waals surface area contributed by atoms with Gasteiger partial charge in [-0.05, 0) is 29.7 Å². The molecule has 0 saturated carbocycles. The Morgan fingerprint density at radius 2 is 2.00 bits per heavy atom. The van der Waals surface area contributed by atoms with Gasteiger partial charge in [0.1, 0.15) is 6.04 Å². The molecule has 6 N–H and O–H groups in total. The van der Waals surface area contributed by atoms with Crippen LogP contribution < -0.4 is 16.5 Å². The van der Waals surface area contributed by atoms with Crippen LogP contribution >= 0.6 is 0 Å². The zero-order valence-electron chi connectivity index (χ0n) is 12.6. The smallest absolute Gasteiger partial charge is 0.480 e. The van der Waals surface area contributed by atoms with E-state index in [2.05, 4.69) is 10.3 Å². The molecule has 0 bridgehead atoms. The molecule has 2 rings (SSSR count). The Kier molecular flexibility index (Phi) is 5.64. The highest BCUT2D eigenvalue weighted by Gasteiger charge is 2.15. The van der Waals surface area contributed by atoms with Crippen LogP contribution in [0.5, 0.6) is 0 Å².